The van der Waals surface area contributed by atoms with E-state index >= 15 is 0 Å². The van der Waals surface area contributed by atoms with Gasteiger partial charge in [-0.15, -0.1) is 0 Å². The number of rotatable bonds is 4. The maximum Gasteiger partial charge on any atom is 0.132 e. The van der Waals surface area contributed by atoms with Gasteiger partial charge in [-0.2, -0.15) is 0 Å². The van der Waals surface area contributed by atoms with Gasteiger partial charge in [-0.05, 0) is 25.7 Å². The van der Waals surface area contributed by atoms with Gasteiger partial charge >= 0.3 is 0 Å². The van der Waals surface area contributed by atoms with Gasteiger partial charge in [-0.3, -0.25) is 0 Å². The Labute approximate surface area is 124 Å². The average molecular weight is 284 g/mol. The smallest absolute Gasteiger partial charge is 0.132 e. The van der Waals surface area contributed by atoms with E-state index in [2.05, 4.69) is 30.2 Å². The van der Waals surface area contributed by atoms with E-state index in [1.165, 1.54) is 6.42 Å². The van der Waals surface area contributed by atoms with Crippen LogP contribution in [0.2, 0.25) is 0 Å². The molecular weight excluding hydrogens is 264 g/mol. The van der Waals surface area contributed by atoms with E-state index in [4.69, 9.17) is 0 Å². The largest absolute Gasteiger partial charge is 0.373 e. The molecule has 21 heavy (non-hydrogen) atoms. The number of anilines is 2. The highest BCUT2D eigenvalue weighted by Gasteiger charge is 2.24. The van der Waals surface area contributed by atoms with Crippen LogP contribution in [0.4, 0.5) is 11.6 Å². The molecule has 0 aromatic carbocycles. The second-order valence-electron chi connectivity index (χ2n) is 5.47. The van der Waals surface area contributed by atoms with Crippen LogP contribution in [0.5, 0.6) is 0 Å². The fourth-order valence-electron chi connectivity index (χ4n) is 2.76. The Hall–Kier alpha value is -2.24. The molecule has 1 unspecified atom stereocenters. The number of hydrogen-bond donors (Lipinski definition) is 1. The molecule has 110 valence electrons. The van der Waals surface area contributed by atoms with Gasteiger partial charge in [0.25, 0.3) is 0 Å². The quantitative estimate of drug-likeness (QED) is 0.921. The van der Waals surface area contributed by atoms with Crippen LogP contribution in [-0.4, -0.2) is 40.1 Å². The lowest BCUT2D eigenvalue weighted by Gasteiger charge is -2.17. The van der Waals surface area contributed by atoms with Crippen molar-refractivity contribution in [1.82, 2.24) is 19.9 Å². The minimum absolute atomic E-state index is 0.611. The first-order chi connectivity index (χ1) is 10.2. The molecule has 3 heterocycles. The normalized spacial score (nSPS) is 18.0. The Morgan fingerprint density at radius 1 is 1.19 bits per heavy atom. The minimum Gasteiger partial charge on any atom is -0.373 e. The zero-order valence-electron chi connectivity index (χ0n) is 12.5. The molecule has 1 fully saturated rings. The van der Waals surface area contributed by atoms with Crippen molar-refractivity contribution in [2.45, 2.75) is 19.8 Å². The van der Waals surface area contributed by atoms with Gasteiger partial charge in [-0.25, -0.2) is 19.9 Å². The summed E-state index contributed by atoms with van der Waals surface area (Å²) >= 11 is 0. The Bertz CT molecular complexity index is 615. The van der Waals surface area contributed by atoms with Crippen LogP contribution in [0, 0.1) is 12.8 Å². The summed E-state index contributed by atoms with van der Waals surface area (Å²) < 4.78 is 0. The van der Waals surface area contributed by atoms with Crippen molar-refractivity contribution in [2.75, 3.05) is 30.4 Å². The molecule has 1 atom stereocenters. The van der Waals surface area contributed by atoms with Crippen LogP contribution in [0.15, 0.2) is 24.8 Å². The number of aryl methyl sites for hydroxylation is 1. The second-order valence-corrected chi connectivity index (χ2v) is 5.47. The molecule has 1 aliphatic heterocycles. The van der Waals surface area contributed by atoms with Gasteiger partial charge in [0.1, 0.15) is 24.3 Å². The highest BCUT2D eigenvalue weighted by Crippen LogP contribution is 2.24. The maximum atomic E-state index is 4.37. The summed E-state index contributed by atoms with van der Waals surface area (Å²) in [5, 5.41) is 3.05. The zero-order valence-corrected chi connectivity index (χ0v) is 12.5. The molecule has 2 aromatic rings. The van der Waals surface area contributed by atoms with Gasteiger partial charge in [-0.1, -0.05) is 0 Å². The predicted molar refractivity (Wildman–Crippen MR) is 82.4 cm³/mol. The minimum atomic E-state index is 0.611. The SMILES string of the molecule is CNc1cc(CC2CCN(c3cc(C)ncn3)C2)ncn1. The summed E-state index contributed by atoms with van der Waals surface area (Å²) in [5.41, 5.74) is 2.11. The van der Waals surface area contributed by atoms with Crippen molar-refractivity contribution in [3.05, 3.63) is 36.2 Å². The zero-order chi connectivity index (χ0) is 14.7. The molecule has 6 nitrogen and oxygen atoms in total. The van der Waals surface area contributed by atoms with Gasteiger partial charge in [0.15, 0.2) is 0 Å². The molecule has 3 rings (SSSR count). The van der Waals surface area contributed by atoms with E-state index in [0.717, 1.165) is 42.5 Å². The standard InChI is InChI=1S/C15H20N6/c1-11-5-15(20-9-17-11)21-4-3-12(8-21)6-13-7-14(16-2)19-10-18-13/h5,7,9-10,12H,3-4,6,8H2,1-2H3,(H,16,18,19). The third-order valence-electron chi connectivity index (χ3n) is 3.88. The van der Waals surface area contributed by atoms with Crippen LogP contribution in [0.1, 0.15) is 17.8 Å². The summed E-state index contributed by atoms with van der Waals surface area (Å²) in [7, 11) is 1.88. The summed E-state index contributed by atoms with van der Waals surface area (Å²) in [6, 6.07) is 4.07. The van der Waals surface area contributed by atoms with E-state index in [0.29, 0.717) is 5.92 Å². The van der Waals surface area contributed by atoms with Gasteiger partial charge < -0.3 is 10.2 Å². The van der Waals surface area contributed by atoms with Gasteiger partial charge in [0.2, 0.25) is 0 Å². The van der Waals surface area contributed by atoms with Crippen LogP contribution >= 0.6 is 0 Å². The van der Waals surface area contributed by atoms with Crippen molar-refractivity contribution < 1.29 is 0 Å². The highest BCUT2D eigenvalue weighted by atomic mass is 15.2. The number of aromatic nitrogens is 4. The van der Waals surface area contributed by atoms with E-state index in [-0.39, 0.29) is 0 Å². The average Bonchev–Trinajstić information content (AvgIpc) is 2.96. The van der Waals surface area contributed by atoms with Crippen LogP contribution in [0.25, 0.3) is 0 Å². The monoisotopic (exact) mass is 284 g/mol. The predicted octanol–water partition coefficient (Wildman–Crippen LogP) is 1.69. The van der Waals surface area contributed by atoms with Gasteiger partial charge in [0, 0.05) is 43.7 Å². The molecule has 2 aromatic heterocycles. The first-order valence-electron chi connectivity index (χ1n) is 7.27. The fourth-order valence-corrected chi connectivity index (χ4v) is 2.76. The van der Waals surface area contributed by atoms with Gasteiger partial charge in [0.05, 0.1) is 0 Å². The Balaban J connectivity index is 1.64. The van der Waals surface area contributed by atoms with Crippen molar-refractivity contribution in [3.8, 4) is 0 Å². The Morgan fingerprint density at radius 3 is 2.86 bits per heavy atom. The molecule has 0 saturated carbocycles. The molecule has 0 radical (unpaired) electrons. The molecule has 1 N–H and O–H groups in total. The van der Waals surface area contributed by atoms with E-state index < -0.39 is 0 Å². The molecule has 0 spiro atoms. The molecule has 1 aliphatic rings. The van der Waals surface area contributed by atoms with E-state index in [1.54, 1.807) is 12.7 Å². The molecule has 6 heteroatoms. The topological polar surface area (TPSA) is 66.8 Å². The molecule has 1 saturated heterocycles. The number of hydrogen-bond acceptors (Lipinski definition) is 6. The summed E-state index contributed by atoms with van der Waals surface area (Å²) in [6.45, 7) is 4.07. The second kappa shape index (κ2) is 6.03. The van der Waals surface area contributed by atoms with Crippen LogP contribution in [-0.2, 0) is 6.42 Å². The fraction of sp³-hybridized carbons (Fsp3) is 0.467. The summed E-state index contributed by atoms with van der Waals surface area (Å²) in [5.74, 6) is 2.52. The Morgan fingerprint density at radius 2 is 2.05 bits per heavy atom. The molecule has 0 amide bonds. The third kappa shape index (κ3) is 3.26. The first-order valence-corrected chi connectivity index (χ1v) is 7.27. The third-order valence-corrected chi connectivity index (χ3v) is 3.88. The lowest BCUT2D eigenvalue weighted by molar-refractivity contribution is 0.576. The number of nitrogens with zero attached hydrogens (tertiary/aromatic N) is 5. The van der Waals surface area contributed by atoms with Crippen molar-refractivity contribution >= 4 is 11.6 Å². The summed E-state index contributed by atoms with van der Waals surface area (Å²) in [6.07, 6.45) is 5.42. The Kier molecular flexibility index (Phi) is 3.94. The van der Waals surface area contributed by atoms with Crippen LogP contribution < -0.4 is 10.2 Å². The van der Waals surface area contributed by atoms with Crippen molar-refractivity contribution in [2.24, 2.45) is 5.92 Å². The first kappa shape index (κ1) is 13.7. The molecule has 0 bridgehead atoms. The van der Waals surface area contributed by atoms with E-state index in [1.807, 2.05) is 26.1 Å². The van der Waals surface area contributed by atoms with Crippen molar-refractivity contribution in [3.63, 3.8) is 0 Å². The lowest BCUT2D eigenvalue weighted by atomic mass is 10.0. The molecular formula is C15H20N6. The summed E-state index contributed by atoms with van der Waals surface area (Å²) in [4.78, 5) is 19.4. The molecule has 0 aliphatic carbocycles. The van der Waals surface area contributed by atoms with Crippen molar-refractivity contribution in [1.29, 1.82) is 0 Å². The lowest BCUT2D eigenvalue weighted by Crippen LogP contribution is -2.21. The number of nitrogens with one attached hydrogen (secondary N) is 1. The maximum absolute atomic E-state index is 4.37. The van der Waals surface area contributed by atoms with E-state index in [9.17, 15) is 0 Å². The van der Waals surface area contributed by atoms with Crippen LogP contribution in [0.3, 0.4) is 0 Å². The highest BCUT2D eigenvalue weighted by molar-refractivity contribution is 5.40.